The number of rotatable bonds is 7. The molecule has 0 radical (unpaired) electrons. The minimum atomic E-state index is -1.34. The van der Waals surface area contributed by atoms with Crippen LogP contribution in [0.2, 0.25) is 0 Å². The Morgan fingerprint density at radius 1 is 0.943 bits per heavy atom. The minimum Gasteiger partial charge on any atom is -0.449 e. The first-order valence-corrected chi connectivity index (χ1v) is 11.1. The normalized spacial score (nSPS) is 12.2. The molecule has 0 bridgehead atoms. The largest absolute Gasteiger partial charge is 0.511 e. The molecule has 4 aromatic rings. The first kappa shape index (κ1) is 23.6. The Bertz CT molecular complexity index is 1350. The molecule has 2 aromatic heterocycles. The minimum absolute atomic E-state index is 0.129. The average molecular weight is 468 g/mol. The van der Waals surface area contributed by atoms with Crippen LogP contribution in [0, 0.1) is 13.8 Å². The van der Waals surface area contributed by atoms with E-state index in [1.54, 1.807) is 24.5 Å². The molecule has 0 aliphatic carbocycles. The van der Waals surface area contributed by atoms with Crippen molar-refractivity contribution in [1.82, 2.24) is 9.97 Å². The molecule has 2 aromatic carbocycles. The summed E-state index contributed by atoms with van der Waals surface area (Å²) in [7, 11) is 0. The van der Waals surface area contributed by atoms with Gasteiger partial charge < -0.3 is 15.1 Å². The van der Waals surface area contributed by atoms with Crippen LogP contribution in [0.4, 0.5) is 4.79 Å². The van der Waals surface area contributed by atoms with Crippen LogP contribution in [0.5, 0.6) is 5.75 Å². The third-order valence-corrected chi connectivity index (χ3v) is 5.83. The van der Waals surface area contributed by atoms with Gasteiger partial charge in [0.15, 0.2) is 0 Å². The van der Waals surface area contributed by atoms with Gasteiger partial charge in [0.1, 0.15) is 5.75 Å². The number of benzene rings is 2. The molecular weight excluding hydrogens is 442 g/mol. The molecule has 0 aliphatic rings. The summed E-state index contributed by atoms with van der Waals surface area (Å²) >= 11 is 0. The molecule has 1 atom stereocenters. The van der Waals surface area contributed by atoms with Crippen LogP contribution in [-0.4, -0.2) is 32.1 Å². The SMILES string of the molecule is Cc1cc(/C(CC(c2ccc(-c3ccc(OC(=O)O)cc3)cc2)c2ncccc2C)=N/O)ccn1. The molecule has 176 valence electrons. The van der Waals surface area contributed by atoms with Crippen LogP contribution in [0.25, 0.3) is 11.1 Å². The first-order chi connectivity index (χ1) is 16.9. The second kappa shape index (κ2) is 10.6. The van der Waals surface area contributed by atoms with Crippen LogP contribution in [-0.2, 0) is 0 Å². The fraction of sp³-hybridized carbons (Fsp3) is 0.143. The highest BCUT2D eigenvalue weighted by Crippen LogP contribution is 2.32. The predicted octanol–water partition coefficient (Wildman–Crippen LogP) is 6.22. The van der Waals surface area contributed by atoms with E-state index in [0.717, 1.165) is 39.2 Å². The number of pyridine rings is 2. The van der Waals surface area contributed by atoms with Crippen molar-refractivity contribution in [1.29, 1.82) is 0 Å². The Morgan fingerprint density at radius 3 is 2.23 bits per heavy atom. The maximum atomic E-state index is 10.7. The third kappa shape index (κ3) is 5.70. The Morgan fingerprint density at radius 2 is 1.63 bits per heavy atom. The zero-order valence-corrected chi connectivity index (χ0v) is 19.4. The van der Waals surface area contributed by atoms with E-state index in [4.69, 9.17) is 5.11 Å². The summed E-state index contributed by atoms with van der Waals surface area (Å²) in [6, 6.07) is 22.7. The lowest BCUT2D eigenvalue weighted by molar-refractivity contribution is 0.144. The highest BCUT2D eigenvalue weighted by atomic mass is 16.7. The Balaban J connectivity index is 1.66. The van der Waals surface area contributed by atoms with E-state index in [1.165, 1.54) is 0 Å². The van der Waals surface area contributed by atoms with Crippen molar-refractivity contribution < 1.29 is 19.8 Å². The number of hydrogen-bond donors (Lipinski definition) is 2. The van der Waals surface area contributed by atoms with Gasteiger partial charge in [0.25, 0.3) is 0 Å². The van der Waals surface area contributed by atoms with Gasteiger partial charge in [-0.3, -0.25) is 9.97 Å². The molecule has 1 unspecified atom stereocenters. The summed E-state index contributed by atoms with van der Waals surface area (Å²) in [6.45, 7) is 3.93. The van der Waals surface area contributed by atoms with E-state index in [2.05, 4.69) is 19.9 Å². The smallest absolute Gasteiger partial charge is 0.449 e. The standard InChI is InChI=1S/C28H25N3O4/c1-18-4-3-14-30-27(18)25(17-26(31-34)23-13-15-29-19(2)16-23)22-7-5-20(6-8-22)21-9-11-24(12-10-21)35-28(32)33/h3-16,25,34H,17H2,1-2H3,(H,32,33)/b31-26+. The molecule has 35 heavy (non-hydrogen) atoms. The van der Waals surface area contributed by atoms with E-state index >= 15 is 0 Å². The number of aryl methyl sites for hydroxylation is 2. The number of nitrogens with zero attached hydrogens (tertiary/aromatic N) is 3. The van der Waals surface area contributed by atoms with Gasteiger partial charge >= 0.3 is 6.16 Å². The Hall–Kier alpha value is -4.52. The zero-order chi connectivity index (χ0) is 24.8. The molecular formula is C28H25N3O4. The molecule has 0 aliphatic heterocycles. The zero-order valence-electron chi connectivity index (χ0n) is 19.4. The molecule has 0 amide bonds. The molecule has 0 spiro atoms. The van der Waals surface area contributed by atoms with Gasteiger partial charge in [-0.25, -0.2) is 4.79 Å². The summed E-state index contributed by atoms with van der Waals surface area (Å²) in [5, 5.41) is 22.2. The summed E-state index contributed by atoms with van der Waals surface area (Å²) in [5.41, 5.74) is 7.15. The quantitative estimate of drug-likeness (QED) is 0.110. The third-order valence-electron chi connectivity index (χ3n) is 5.83. The van der Waals surface area contributed by atoms with Gasteiger partial charge in [0.2, 0.25) is 0 Å². The van der Waals surface area contributed by atoms with Gasteiger partial charge in [-0.1, -0.05) is 47.6 Å². The fourth-order valence-electron chi connectivity index (χ4n) is 4.09. The van der Waals surface area contributed by atoms with Crippen molar-refractivity contribution in [3.63, 3.8) is 0 Å². The lowest BCUT2D eigenvalue weighted by Gasteiger charge is -2.20. The molecule has 0 fully saturated rings. The van der Waals surface area contributed by atoms with Gasteiger partial charge in [0, 0.05) is 36.0 Å². The van der Waals surface area contributed by atoms with Gasteiger partial charge in [-0.15, -0.1) is 0 Å². The number of carbonyl (C=O) groups is 1. The van der Waals surface area contributed by atoms with Crippen LogP contribution < -0.4 is 4.74 Å². The van der Waals surface area contributed by atoms with E-state index in [1.807, 2.05) is 74.5 Å². The average Bonchev–Trinajstić information content (AvgIpc) is 2.86. The lowest BCUT2D eigenvalue weighted by atomic mass is 9.86. The fourth-order valence-corrected chi connectivity index (χ4v) is 4.09. The lowest BCUT2D eigenvalue weighted by Crippen LogP contribution is -2.13. The van der Waals surface area contributed by atoms with E-state index in [-0.39, 0.29) is 11.7 Å². The molecule has 2 heterocycles. The summed E-state index contributed by atoms with van der Waals surface area (Å²) in [4.78, 5) is 19.6. The topological polar surface area (TPSA) is 105 Å². The Kier molecular flexibility index (Phi) is 7.16. The molecule has 7 nitrogen and oxygen atoms in total. The number of ether oxygens (including phenoxy) is 1. The van der Waals surface area contributed by atoms with Crippen molar-refractivity contribution >= 4 is 11.9 Å². The summed E-state index contributed by atoms with van der Waals surface area (Å²) < 4.78 is 4.68. The van der Waals surface area contributed by atoms with Crippen LogP contribution in [0.1, 0.15) is 40.4 Å². The molecule has 0 saturated heterocycles. The van der Waals surface area contributed by atoms with E-state index < -0.39 is 6.16 Å². The van der Waals surface area contributed by atoms with Crippen molar-refractivity contribution in [2.24, 2.45) is 5.16 Å². The molecule has 0 saturated carbocycles. The number of oxime groups is 1. The number of aromatic nitrogens is 2. The molecule has 7 heteroatoms. The van der Waals surface area contributed by atoms with Crippen LogP contribution >= 0.6 is 0 Å². The molecule has 4 rings (SSSR count). The van der Waals surface area contributed by atoms with Gasteiger partial charge in [0.05, 0.1) is 11.4 Å². The maximum Gasteiger partial charge on any atom is 0.511 e. The number of carboxylic acid groups (broad SMARTS) is 1. The second-order valence-corrected chi connectivity index (χ2v) is 8.21. The van der Waals surface area contributed by atoms with Crippen molar-refractivity contribution in [2.45, 2.75) is 26.2 Å². The second-order valence-electron chi connectivity index (χ2n) is 8.21. The van der Waals surface area contributed by atoms with Crippen LogP contribution in [0.15, 0.2) is 90.3 Å². The summed E-state index contributed by atoms with van der Waals surface area (Å²) in [6.07, 6.45) is 2.60. The van der Waals surface area contributed by atoms with E-state index in [0.29, 0.717) is 12.1 Å². The molecule has 2 N–H and O–H groups in total. The monoisotopic (exact) mass is 467 g/mol. The van der Waals surface area contributed by atoms with E-state index in [9.17, 15) is 10.0 Å². The maximum absolute atomic E-state index is 10.7. The predicted molar refractivity (Wildman–Crippen MR) is 133 cm³/mol. The van der Waals surface area contributed by atoms with Gasteiger partial charge in [-0.05, 0) is 66.4 Å². The highest BCUT2D eigenvalue weighted by molar-refractivity contribution is 6.00. The first-order valence-electron chi connectivity index (χ1n) is 11.1. The van der Waals surface area contributed by atoms with Crippen LogP contribution in [0.3, 0.4) is 0 Å². The summed E-state index contributed by atoms with van der Waals surface area (Å²) in [5.74, 6) is 0.140. The highest BCUT2D eigenvalue weighted by Gasteiger charge is 2.22. The van der Waals surface area contributed by atoms with Crippen molar-refractivity contribution in [3.05, 3.63) is 113 Å². The van der Waals surface area contributed by atoms with Crippen molar-refractivity contribution in [3.8, 4) is 16.9 Å². The van der Waals surface area contributed by atoms with Gasteiger partial charge in [-0.2, -0.15) is 0 Å². The van der Waals surface area contributed by atoms with Crippen molar-refractivity contribution in [2.75, 3.05) is 0 Å². The number of hydrogen-bond acceptors (Lipinski definition) is 6. The Labute approximate surface area is 203 Å².